The molecule has 7 heteroatoms. The number of carbonyl (C=O) groups excluding carboxylic acids is 1. The van der Waals surface area contributed by atoms with Crippen molar-refractivity contribution >= 4 is 17.5 Å². The maximum Gasteiger partial charge on any atom is 0.254 e. The standard InChI is InChI=1S/C21H27N5O2/c1-16-3-4-17(2)18(15-16)21(27)26-9-7-24(8-10-26)19-5-6-20(23-22-19)25-11-13-28-14-12-25/h3-6,15H,7-14H2,1-2H3. The van der Waals surface area contributed by atoms with Crippen LogP contribution in [0.25, 0.3) is 0 Å². The maximum atomic E-state index is 12.9. The molecule has 0 atom stereocenters. The average Bonchev–Trinajstić information content (AvgIpc) is 2.76. The van der Waals surface area contributed by atoms with E-state index in [1.807, 2.05) is 49.1 Å². The molecule has 148 valence electrons. The minimum Gasteiger partial charge on any atom is -0.378 e. The van der Waals surface area contributed by atoms with E-state index in [-0.39, 0.29) is 5.91 Å². The van der Waals surface area contributed by atoms with E-state index in [1.165, 1.54) is 0 Å². The number of hydrogen-bond acceptors (Lipinski definition) is 6. The number of anilines is 2. The molecule has 0 spiro atoms. The summed E-state index contributed by atoms with van der Waals surface area (Å²) in [7, 11) is 0. The average molecular weight is 381 g/mol. The van der Waals surface area contributed by atoms with Gasteiger partial charge in [-0.25, -0.2) is 0 Å². The van der Waals surface area contributed by atoms with E-state index in [4.69, 9.17) is 4.74 Å². The molecule has 28 heavy (non-hydrogen) atoms. The molecule has 2 fully saturated rings. The summed E-state index contributed by atoms with van der Waals surface area (Å²) in [5, 5.41) is 8.82. The maximum absolute atomic E-state index is 12.9. The van der Waals surface area contributed by atoms with E-state index in [2.05, 4.69) is 20.0 Å². The number of aromatic nitrogens is 2. The van der Waals surface area contributed by atoms with Gasteiger partial charge in [-0.2, -0.15) is 0 Å². The summed E-state index contributed by atoms with van der Waals surface area (Å²) in [6.07, 6.45) is 0. The Bertz CT molecular complexity index is 825. The molecular formula is C21H27N5O2. The number of benzene rings is 1. The molecule has 2 saturated heterocycles. The van der Waals surface area contributed by atoms with E-state index < -0.39 is 0 Å². The van der Waals surface area contributed by atoms with Crippen LogP contribution < -0.4 is 9.80 Å². The zero-order valence-electron chi connectivity index (χ0n) is 16.6. The molecule has 1 amide bonds. The lowest BCUT2D eigenvalue weighted by Crippen LogP contribution is -2.49. The van der Waals surface area contributed by atoms with Crippen LogP contribution in [0.5, 0.6) is 0 Å². The van der Waals surface area contributed by atoms with E-state index in [0.717, 1.165) is 67.7 Å². The van der Waals surface area contributed by atoms with Crippen LogP contribution in [0.3, 0.4) is 0 Å². The van der Waals surface area contributed by atoms with E-state index in [9.17, 15) is 4.79 Å². The number of piperazine rings is 1. The van der Waals surface area contributed by atoms with Crippen molar-refractivity contribution in [2.45, 2.75) is 13.8 Å². The van der Waals surface area contributed by atoms with E-state index in [0.29, 0.717) is 13.1 Å². The first-order valence-corrected chi connectivity index (χ1v) is 9.90. The highest BCUT2D eigenvalue weighted by Crippen LogP contribution is 2.19. The van der Waals surface area contributed by atoms with Gasteiger partial charge in [0, 0.05) is 44.8 Å². The molecule has 2 aliphatic rings. The van der Waals surface area contributed by atoms with Crippen molar-refractivity contribution in [1.82, 2.24) is 15.1 Å². The van der Waals surface area contributed by atoms with Gasteiger partial charge in [-0.15, -0.1) is 10.2 Å². The van der Waals surface area contributed by atoms with Gasteiger partial charge in [-0.1, -0.05) is 17.7 Å². The summed E-state index contributed by atoms with van der Waals surface area (Å²) >= 11 is 0. The van der Waals surface area contributed by atoms with Gasteiger partial charge in [-0.05, 0) is 37.6 Å². The Hall–Kier alpha value is -2.67. The second-order valence-corrected chi connectivity index (χ2v) is 7.45. The molecule has 0 N–H and O–H groups in total. The molecule has 0 unspecified atom stereocenters. The minimum atomic E-state index is 0.120. The van der Waals surface area contributed by atoms with Crippen molar-refractivity contribution in [3.05, 3.63) is 47.0 Å². The summed E-state index contributed by atoms with van der Waals surface area (Å²) < 4.78 is 5.38. The van der Waals surface area contributed by atoms with Gasteiger partial charge < -0.3 is 19.4 Å². The van der Waals surface area contributed by atoms with Crippen molar-refractivity contribution in [3.63, 3.8) is 0 Å². The molecule has 0 aliphatic carbocycles. The summed E-state index contributed by atoms with van der Waals surface area (Å²) in [4.78, 5) is 19.2. The topological polar surface area (TPSA) is 61.8 Å². The molecule has 2 aliphatic heterocycles. The van der Waals surface area contributed by atoms with Gasteiger partial charge in [0.15, 0.2) is 11.6 Å². The van der Waals surface area contributed by atoms with Gasteiger partial charge in [0.1, 0.15) is 0 Å². The lowest BCUT2D eigenvalue weighted by molar-refractivity contribution is 0.0745. The lowest BCUT2D eigenvalue weighted by Gasteiger charge is -2.35. The number of carbonyl (C=O) groups is 1. The smallest absolute Gasteiger partial charge is 0.254 e. The zero-order valence-corrected chi connectivity index (χ0v) is 16.6. The molecule has 1 aromatic carbocycles. The number of amides is 1. The number of morpholine rings is 1. The fourth-order valence-electron chi connectivity index (χ4n) is 3.72. The van der Waals surface area contributed by atoms with Crippen LogP contribution >= 0.6 is 0 Å². The quantitative estimate of drug-likeness (QED) is 0.809. The molecule has 0 saturated carbocycles. The third kappa shape index (κ3) is 3.94. The molecule has 1 aromatic heterocycles. The van der Waals surface area contributed by atoms with Gasteiger partial charge in [0.05, 0.1) is 13.2 Å². The SMILES string of the molecule is Cc1ccc(C)c(C(=O)N2CCN(c3ccc(N4CCOCC4)nn3)CC2)c1. The fraction of sp³-hybridized carbons (Fsp3) is 0.476. The molecule has 4 rings (SSSR count). The number of rotatable bonds is 3. The van der Waals surface area contributed by atoms with Crippen molar-refractivity contribution in [3.8, 4) is 0 Å². The van der Waals surface area contributed by atoms with Crippen LogP contribution in [0.15, 0.2) is 30.3 Å². The Morgan fingerprint density at radius 1 is 0.857 bits per heavy atom. The summed E-state index contributed by atoms with van der Waals surface area (Å²) in [6, 6.07) is 10.1. The number of ether oxygens (including phenoxy) is 1. The highest BCUT2D eigenvalue weighted by molar-refractivity contribution is 5.96. The van der Waals surface area contributed by atoms with Crippen molar-refractivity contribution < 1.29 is 9.53 Å². The fourth-order valence-corrected chi connectivity index (χ4v) is 3.72. The Balaban J connectivity index is 1.37. The normalized spacial score (nSPS) is 17.7. The largest absolute Gasteiger partial charge is 0.378 e. The van der Waals surface area contributed by atoms with Gasteiger partial charge in [0.25, 0.3) is 5.91 Å². The molecule has 0 bridgehead atoms. The number of nitrogens with zero attached hydrogens (tertiary/aromatic N) is 5. The van der Waals surface area contributed by atoms with E-state index in [1.54, 1.807) is 0 Å². The van der Waals surface area contributed by atoms with Gasteiger partial charge in [-0.3, -0.25) is 4.79 Å². The predicted molar refractivity (Wildman–Crippen MR) is 109 cm³/mol. The van der Waals surface area contributed by atoms with Crippen LogP contribution in [0.2, 0.25) is 0 Å². The summed E-state index contributed by atoms with van der Waals surface area (Å²) in [6.45, 7) is 10.1. The minimum absolute atomic E-state index is 0.120. The Kier molecular flexibility index (Phi) is 5.43. The van der Waals surface area contributed by atoms with Crippen LogP contribution in [0.4, 0.5) is 11.6 Å². The van der Waals surface area contributed by atoms with Crippen molar-refractivity contribution in [2.24, 2.45) is 0 Å². The Labute approximate surface area is 165 Å². The van der Waals surface area contributed by atoms with Crippen molar-refractivity contribution in [1.29, 1.82) is 0 Å². The highest BCUT2D eigenvalue weighted by Gasteiger charge is 2.24. The van der Waals surface area contributed by atoms with Gasteiger partial charge >= 0.3 is 0 Å². The second kappa shape index (κ2) is 8.14. The molecule has 7 nitrogen and oxygen atoms in total. The third-order valence-electron chi connectivity index (χ3n) is 5.49. The molecule has 0 radical (unpaired) electrons. The van der Waals surface area contributed by atoms with Crippen LogP contribution in [0.1, 0.15) is 21.5 Å². The summed E-state index contributed by atoms with van der Waals surface area (Å²) in [5.74, 6) is 1.89. The highest BCUT2D eigenvalue weighted by atomic mass is 16.5. The number of aryl methyl sites for hydroxylation is 2. The Morgan fingerprint density at radius 2 is 1.46 bits per heavy atom. The first kappa shape index (κ1) is 18.7. The van der Waals surface area contributed by atoms with Crippen LogP contribution in [0, 0.1) is 13.8 Å². The molecule has 3 heterocycles. The lowest BCUT2D eigenvalue weighted by atomic mass is 10.0. The monoisotopic (exact) mass is 381 g/mol. The number of hydrogen-bond donors (Lipinski definition) is 0. The van der Waals surface area contributed by atoms with Crippen molar-refractivity contribution in [2.75, 3.05) is 62.3 Å². The summed E-state index contributed by atoms with van der Waals surface area (Å²) in [5.41, 5.74) is 2.95. The van der Waals surface area contributed by atoms with Crippen LogP contribution in [-0.4, -0.2) is 73.5 Å². The van der Waals surface area contributed by atoms with Gasteiger partial charge in [0.2, 0.25) is 0 Å². The molecular weight excluding hydrogens is 354 g/mol. The molecule has 2 aromatic rings. The zero-order chi connectivity index (χ0) is 19.5. The van der Waals surface area contributed by atoms with E-state index >= 15 is 0 Å². The first-order chi connectivity index (χ1) is 13.6. The Morgan fingerprint density at radius 3 is 2.07 bits per heavy atom. The van der Waals surface area contributed by atoms with Crippen LogP contribution in [-0.2, 0) is 4.74 Å². The first-order valence-electron chi connectivity index (χ1n) is 9.90. The second-order valence-electron chi connectivity index (χ2n) is 7.45. The third-order valence-corrected chi connectivity index (χ3v) is 5.49. The predicted octanol–water partition coefficient (Wildman–Crippen LogP) is 1.89.